The number of fused-ring (bicyclic) bond motifs is 1. The Bertz CT molecular complexity index is 1220. The molecule has 0 aromatic heterocycles. The molecule has 5 nitrogen and oxygen atoms in total. The normalized spacial score (nSPS) is 18.2. The van der Waals surface area contributed by atoms with Gasteiger partial charge in [-0.1, -0.05) is 54.4 Å². The molecule has 2 aliphatic rings. The van der Waals surface area contributed by atoms with Crippen LogP contribution in [0, 0.1) is 0 Å². The van der Waals surface area contributed by atoms with Crippen molar-refractivity contribution in [3.05, 3.63) is 80.8 Å². The second-order valence-corrected chi connectivity index (χ2v) is 10.8. The lowest BCUT2D eigenvalue weighted by molar-refractivity contribution is -0.931. The van der Waals surface area contributed by atoms with Gasteiger partial charge < -0.3 is 4.90 Å². The molecule has 0 N–H and O–H groups in total. The van der Waals surface area contributed by atoms with Crippen molar-refractivity contribution in [3.63, 3.8) is 0 Å². The first-order valence-corrected chi connectivity index (χ1v) is 12.4. The van der Waals surface area contributed by atoms with Crippen molar-refractivity contribution >= 4 is 59.0 Å². The standard InChI is InChI=1S/C26H27Cl2N3O2S/c1-6-20(31(4,5)15(2)34)30-24(17-9-13-19(28)14-10-17)22-21(26(30)33)23(29(3)25(22)32)16-7-11-18(27)12-8-16/h7-15,20H,6H2,1-5H3/p+1. The van der Waals surface area contributed by atoms with Crippen LogP contribution >= 0.6 is 35.8 Å². The smallest absolute Gasteiger partial charge is 0.265 e. The largest absolute Gasteiger partial charge is 0.310 e. The molecule has 2 amide bonds. The van der Waals surface area contributed by atoms with E-state index in [-0.39, 0.29) is 23.4 Å². The predicted molar refractivity (Wildman–Crippen MR) is 141 cm³/mol. The third kappa shape index (κ3) is 3.87. The summed E-state index contributed by atoms with van der Waals surface area (Å²) in [5.74, 6) is -0.394. The Morgan fingerprint density at radius 3 is 1.74 bits per heavy atom. The topological polar surface area (TPSA) is 40.6 Å². The van der Waals surface area contributed by atoms with Gasteiger partial charge in [0, 0.05) is 23.5 Å². The Morgan fingerprint density at radius 2 is 1.29 bits per heavy atom. The van der Waals surface area contributed by atoms with Crippen molar-refractivity contribution in [3.8, 4) is 0 Å². The summed E-state index contributed by atoms with van der Waals surface area (Å²) in [6.45, 7) is 4.06. The molecule has 0 aliphatic carbocycles. The minimum absolute atomic E-state index is 0.0438. The Hall–Kier alpha value is -2.25. The molecule has 0 spiro atoms. The van der Waals surface area contributed by atoms with Crippen LogP contribution in [-0.4, -0.2) is 58.8 Å². The second kappa shape index (κ2) is 9.08. The Kier molecular flexibility index (Phi) is 6.64. The van der Waals surface area contributed by atoms with E-state index < -0.39 is 0 Å². The molecule has 2 aliphatic heterocycles. The number of thiol groups is 1. The lowest BCUT2D eigenvalue weighted by Gasteiger charge is -2.45. The van der Waals surface area contributed by atoms with Crippen LogP contribution in [0.2, 0.25) is 10.0 Å². The number of nitrogens with zero attached hydrogens (tertiary/aromatic N) is 3. The first kappa shape index (κ1) is 24.9. The van der Waals surface area contributed by atoms with E-state index in [2.05, 4.69) is 21.0 Å². The van der Waals surface area contributed by atoms with E-state index in [1.807, 2.05) is 31.2 Å². The van der Waals surface area contributed by atoms with Gasteiger partial charge in [0.2, 0.25) is 0 Å². The van der Waals surface area contributed by atoms with Gasteiger partial charge in [-0.15, -0.1) is 12.6 Å². The molecule has 0 radical (unpaired) electrons. The monoisotopic (exact) mass is 516 g/mol. The second-order valence-electron chi connectivity index (χ2n) is 9.15. The molecular weight excluding hydrogens is 489 g/mol. The first-order chi connectivity index (χ1) is 16.0. The van der Waals surface area contributed by atoms with Crippen LogP contribution in [0.1, 0.15) is 31.4 Å². The number of halogens is 2. The van der Waals surface area contributed by atoms with Gasteiger partial charge >= 0.3 is 0 Å². The number of quaternary nitrogens is 1. The Morgan fingerprint density at radius 1 is 0.853 bits per heavy atom. The number of rotatable bonds is 6. The van der Waals surface area contributed by atoms with Crippen LogP contribution in [0.25, 0.3) is 11.4 Å². The fraction of sp³-hybridized carbons (Fsp3) is 0.308. The van der Waals surface area contributed by atoms with Crippen molar-refractivity contribution in [2.45, 2.75) is 31.8 Å². The van der Waals surface area contributed by atoms with Crippen LogP contribution in [0.5, 0.6) is 0 Å². The molecule has 0 saturated heterocycles. The lowest BCUT2D eigenvalue weighted by Crippen LogP contribution is -2.60. The molecule has 0 fully saturated rings. The van der Waals surface area contributed by atoms with Crippen LogP contribution in [-0.2, 0) is 9.59 Å². The third-order valence-electron chi connectivity index (χ3n) is 6.88. The van der Waals surface area contributed by atoms with Crippen molar-refractivity contribution in [1.29, 1.82) is 0 Å². The van der Waals surface area contributed by atoms with E-state index in [1.54, 1.807) is 41.1 Å². The maximum atomic E-state index is 14.2. The van der Waals surface area contributed by atoms with E-state index in [0.717, 1.165) is 11.1 Å². The van der Waals surface area contributed by atoms with Gasteiger partial charge in [-0.05, 0) is 42.3 Å². The highest BCUT2D eigenvalue weighted by Crippen LogP contribution is 2.48. The summed E-state index contributed by atoms with van der Waals surface area (Å²) in [5.41, 5.74) is 3.58. The van der Waals surface area contributed by atoms with E-state index in [9.17, 15) is 9.59 Å². The van der Waals surface area contributed by atoms with Crippen molar-refractivity contribution in [2.24, 2.45) is 0 Å². The molecule has 178 valence electrons. The van der Waals surface area contributed by atoms with Crippen LogP contribution in [0.4, 0.5) is 0 Å². The molecule has 2 aromatic rings. The van der Waals surface area contributed by atoms with Gasteiger partial charge in [0.1, 0.15) is 5.37 Å². The SMILES string of the molecule is CCC(N1C(=O)C2=C(c3ccc(Cl)cc3)N(C)C(=O)C2=C1c1ccc(Cl)cc1)[N+](C)(C)C(C)S. The molecule has 4 rings (SSSR count). The molecule has 2 aromatic carbocycles. The highest BCUT2D eigenvalue weighted by Gasteiger charge is 2.52. The molecule has 2 atom stereocenters. The number of benzene rings is 2. The van der Waals surface area contributed by atoms with Crippen LogP contribution < -0.4 is 0 Å². The van der Waals surface area contributed by atoms with Crippen molar-refractivity contribution < 1.29 is 14.1 Å². The molecule has 2 unspecified atom stereocenters. The van der Waals surface area contributed by atoms with Gasteiger partial charge in [-0.2, -0.15) is 0 Å². The molecule has 34 heavy (non-hydrogen) atoms. The van der Waals surface area contributed by atoms with Gasteiger partial charge in [-0.3, -0.25) is 19.0 Å². The Labute approximate surface area is 216 Å². The predicted octanol–water partition coefficient (Wildman–Crippen LogP) is 5.52. The minimum Gasteiger partial charge on any atom is -0.310 e. The number of carbonyl (C=O) groups excluding carboxylic acids is 2. The quantitative estimate of drug-likeness (QED) is 0.312. The number of hydrogen-bond donors (Lipinski definition) is 1. The fourth-order valence-electron chi connectivity index (χ4n) is 4.75. The van der Waals surface area contributed by atoms with E-state index in [1.165, 1.54) is 0 Å². The molecule has 8 heteroatoms. The number of hydrogen-bond acceptors (Lipinski definition) is 3. The van der Waals surface area contributed by atoms with Crippen LogP contribution in [0.15, 0.2) is 59.7 Å². The number of amides is 2. The van der Waals surface area contributed by atoms with E-state index >= 15 is 0 Å². The van der Waals surface area contributed by atoms with Gasteiger partial charge in [0.15, 0.2) is 6.17 Å². The summed E-state index contributed by atoms with van der Waals surface area (Å²) in [6, 6.07) is 14.5. The molecule has 2 heterocycles. The summed E-state index contributed by atoms with van der Waals surface area (Å²) < 4.78 is 0.462. The molecule has 0 saturated carbocycles. The maximum absolute atomic E-state index is 14.2. The summed E-state index contributed by atoms with van der Waals surface area (Å²) in [5, 5.41) is 1.13. The number of carbonyl (C=O) groups is 2. The summed E-state index contributed by atoms with van der Waals surface area (Å²) >= 11 is 17.0. The Balaban J connectivity index is 2.02. The highest BCUT2D eigenvalue weighted by atomic mass is 35.5. The minimum atomic E-state index is -0.235. The first-order valence-electron chi connectivity index (χ1n) is 11.1. The zero-order valence-corrected chi connectivity index (χ0v) is 22.2. The van der Waals surface area contributed by atoms with Crippen LogP contribution in [0.3, 0.4) is 0 Å². The van der Waals surface area contributed by atoms with Gasteiger partial charge in [0.25, 0.3) is 11.8 Å². The van der Waals surface area contributed by atoms with Crippen molar-refractivity contribution in [2.75, 3.05) is 21.1 Å². The maximum Gasteiger partial charge on any atom is 0.265 e. The average Bonchev–Trinajstić information content (AvgIpc) is 3.22. The summed E-state index contributed by atoms with van der Waals surface area (Å²) in [4.78, 5) is 31.2. The van der Waals surface area contributed by atoms with Gasteiger partial charge in [-0.25, -0.2) is 0 Å². The van der Waals surface area contributed by atoms with E-state index in [0.29, 0.717) is 43.5 Å². The zero-order valence-electron chi connectivity index (χ0n) is 19.8. The fourth-order valence-corrected chi connectivity index (χ4v) is 5.16. The molecular formula is C26H28Cl2N3O2S+. The highest BCUT2D eigenvalue weighted by molar-refractivity contribution is 7.80. The average molecular weight is 518 g/mol. The van der Waals surface area contributed by atoms with E-state index in [4.69, 9.17) is 35.8 Å². The van der Waals surface area contributed by atoms with Gasteiger partial charge in [0.05, 0.1) is 36.6 Å². The van der Waals surface area contributed by atoms with Crippen molar-refractivity contribution in [1.82, 2.24) is 9.80 Å². The lowest BCUT2D eigenvalue weighted by atomic mass is 10.0. The summed E-state index contributed by atoms with van der Waals surface area (Å²) in [7, 11) is 5.81. The third-order valence-corrected chi connectivity index (χ3v) is 7.98. The summed E-state index contributed by atoms with van der Waals surface area (Å²) in [6.07, 6.45) is 0.447. The zero-order chi connectivity index (χ0) is 24.9. The number of likely N-dealkylation sites (N-methyl/N-ethyl adjacent to an activating group) is 1. The molecule has 0 bridgehead atoms.